The van der Waals surface area contributed by atoms with Gasteiger partial charge in [-0.3, -0.25) is 0 Å². The van der Waals surface area contributed by atoms with E-state index < -0.39 is 0 Å². The van der Waals surface area contributed by atoms with Crippen molar-refractivity contribution in [2.45, 2.75) is 13.8 Å². The number of morpholine rings is 1. The average Bonchev–Trinajstić information content (AvgIpc) is 3.00. The van der Waals surface area contributed by atoms with Crippen molar-refractivity contribution in [3.8, 4) is 11.3 Å². The lowest BCUT2D eigenvalue weighted by atomic mass is 10.1. The van der Waals surface area contributed by atoms with E-state index in [1.54, 1.807) is 6.20 Å². The molecule has 8 heteroatoms. The quantitative estimate of drug-likeness (QED) is 0.626. The second-order valence-electron chi connectivity index (χ2n) is 6.75. The fourth-order valence-corrected chi connectivity index (χ4v) is 4.19. The summed E-state index contributed by atoms with van der Waals surface area (Å²) in [6.07, 6.45) is 3.71. The molecule has 2 aromatic heterocycles. The fourth-order valence-electron chi connectivity index (χ4n) is 3.46. The first kappa shape index (κ1) is 19.1. The molecule has 146 valence electrons. The van der Waals surface area contributed by atoms with Gasteiger partial charge in [-0.25, -0.2) is 9.97 Å². The lowest BCUT2D eigenvalue weighted by molar-refractivity contribution is 0.122. The van der Waals surface area contributed by atoms with Crippen LogP contribution in [0.1, 0.15) is 11.3 Å². The molecule has 0 bridgehead atoms. The minimum atomic E-state index is 0.490. The molecule has 0 aliphatic carbocycles. The first-order chi connectivity index (χ1) is 13.5. The maximum atomic E-state index is 6.54. The Morgan fingerprint density at radius 1 is 1.14 bits per heavy atom. The molecule has 0 atom stereocenters. The van der Waals surface area contributed by atoms with Gasteiger partial charge in [-0.05, 0) is 37.6 Å². The van der Waals surface area contributed by atoms with Gasteiger partial charge in [0.2, 0.25) is 5.95 Å². The number of aromatic amines is 1. The van der Waals surface area contributed by atoms with Gasteiger partial charge in [0.25, 0.3) is 0 Å². The summed E-state index contributed by atoms with van der Waals surface area (Å²) in [5, 5.41) is 4.39. The molecular weight excluding hydrogens is 397 g/mol. The Hall–Kier alpha value is -2.28. The molecular formula is C20H21Cl2N5O. The average molecular weight is 418 g/mol. The standard InChI is InChI=1S/C20H21Cl2N5O/c1-12-11-24-13(2)18(12)17-3-4-23-20(26-17)25-14-9-15(21)19(16(22)10-14)27-5-7-28-8-6-27/h3-4,9-11,24H,5-8H2,1-2H3,(H,23,25,26). The number of anilines is 3. The zero-order valence-electron chi connectivity index (χ0n) is 15.7. The predicted molar refractivity (Wildman–Crippen MR) is 114 cm³/mol. The van der Waals surface area contributed by atoms with Crippen LogP contribution in [0.2, 0.25) is 10.0 Å². The topological polar surface area (TPSA) is 66.1 Å². The van der Waals surface area contributed by atoms with E-state index in [0.717, 1.165) is 47.0 Å². The van der Waals surface area contributed by atoms with Crippen molar-refractivity contribution >= 4 is 40.5 Å². The highest BCUT2D eigenvalue weighted by molar-refractivity contribution is 6.39. The number of rotatable bonds is 4. The molecule has 28 heavy (non-hydrogen) atoms. The van der Waals surface area contributed by atoms with Crippen LogP contribution in [0.25, 0.3) is 11.3 Å². The molecule has 0 unspecified atom stereocenters. The third kappa shape index (κ3) is 3.81. The van der Waals surface area contributed by atoms with Crippen LogP contribution in [0, 0.1) is 13.8 Å². The number of nitrogens with one attached hydrogen (secondary N) is 2. The van der Waals surface area contributed by atoms with Crippen LogP contribution in [-0.4, -0.2) is 41.3 Å². The number of halogens is 2. The van der Waals surface area contributed by atoms with E-state index in [0.29, 0.717) is 29.2 Å². The van der Waals surface area contributed by atoms with Gasteiger partial charge < -0.3 is 19.9 Å². The van der Waals surface area contributed by atoms with Gasteiger partial charge in [0.1, 0.15) is 0 Å². The van der Waals surface area contributed by atoms with Crippen LogP contribution in [0.5, 0.6) is 0 Å². The number of ether oxygens (including phenoxy) is 1. The van der Waals surface area contributed by atoms with Crippen molar-refractivity contribution in [1.29, 1.82) is 0 Å². The number of benzene rings is 1. The summed E-state index contributed by atoms with van der Waals surface area (Å²) in [6.45, 7) is 6.97. The molecule has 0 saturated carbocycles. The number of aromatic nitrogens is 3. The van der Waals surface area contributed by atoms with Gasteiger partial charge in [0.15, 0.2) is 0 Å². The largest absolute Gasteiger partial charge is 0.378 e. The Bertz CT molecular complexity index is 956. The highest BCUT2D eigenvalue weighted by Crippen LogP contribution is 2.37. The summed E-state index contributed by atoms with van der Waals surface area (Å²) in [5.41, 5.74) is 5.74. The second-order valence-corrected chi connectivity index (χ2v) is 7.56. The first-order valence-electron chi connectivity index (χ1n) is 9.09. The predicted octanol–water partition coefficient (Wildman–Crippen LogP) is 4.98. The Morgan fingerprint density at radius 2 is 1.86 bits per heavy atom. The molecule has 1 aromatic carbocycles. The van der Waals surface area contributed by atoms with E-state index in [2.05, 4.69) is 32.1 Å². The van der Waals surface area contributed by atoms with Crippen molar-refractivity contribution in [3.05, 3.63) is 51.9 Å². The SMILES string of the molecule is Cc1c[nH]c(C)c1-c1ccnc(Nc2cc(Cl)c(N3CCOCC3)c(Cl)c2)n1. The van der Waals surface area contributed by atoms with E-state index >= 15 is 0 Å². The molecule has 4 rings (SSSR count). The Balaban J connectivity index is 1.60. The van der Waals surface area contributed by atoms with Crippen molar-refractivity contribution in [2.75, 3.05) is 36.5 Å². The van der Waals surface area contributed by atoms with E-state index in [1.807, 2.05) is 31.3 Å². The summed E-state index contributed by atoms with van der Waals surface area (Å²) in [4.78, 5) is 14.4. The minimum absolute atomic E-state index is 0.490. The van der Waals surface area contributed by atoms with Gasteiger partial charge >= 0.3 is 0 Å². The molecule has 1 aliphatic rings. The number of hydrogen-bond acceptors (Lipinski definition) is 5. The number of nitrogens with zero attached hydrogens (tertiary/aromatic N) is 3. The summed E-state index contributed by atoms with van der Waals surface area (Å²) >= 11 is 13.1. The highest BCUT2D eigenvalue weighted by atomic mass is 35.5. The molecule has 2 N–H and O–H groups in total. The molecule has 0 spiro atoms. The van der Waals surface area contributed by atoms with Crippen molar-refractivity contribution < 1.29 is 4.74 Å². The van der Waals surface area contributed by atoms with Gasteiger partial charge in [0.05, 0.1) is 34.6 Å². The molecule has 0 amide bonds. The van der Waals surface area contributed by atoms with Crippen LogP contribution in [0.15, 0.2) is 30.6 Å². The maximum Gasteiger partial charge on any atom is 0.227 e. The zero-order valence-corrected chi connectivity index (χ0v) is 17.2. The molecule has 1 fully saturated rings. The fraction of sp³-hybridized carbons (Fsp3) is 0.300. The van der Waals surface area contributed by atoms with Gasteiger partial charge in [-0.2, -0.15) is 0 Å². The van der Waals surface area contributed by atoms with Gasteiger partial charge in [0, 0.05) is 42.4 Å². The third-order valence-corrected chi connectivity index (χ3v) is 5.36. The summed E-state index contributed by atoms with van der Waals surface area (Å²) in [5.74, 6) is 0.490. The Morgan fingerprint density at radius 3 is 2.50 bits per heavy atom. The van der Waals surface area contributed by atoms with E-state index in [9.17, 15) is 0 Å². The summed E-state index contributed by atoms with van der Waals surface area (Å²) in [6, 6.07) is 5.60. The molecule has 3 heterocycles. The lowest BCUT2D eigenvalue weighted by Crippen LogP contribution is -2.36. The van der Waals surface area contributed by atoms with Crippen LogP contribution in [-0.2, 0) is 4.74 Å². The smallest absolute Gasteiger partial charge is 0.227 e. The zero-order chi connectivity index (χ0) is 19.7. The molecule has 1 saturated heterocycles. The summed E-state index contributed by atoms with van der Waals surface area (Å²) < 4.78 is 5.40. The van der Waals surface area contributed by atoms with E-state index in [1.165, 1.54) is 0 Å². The summed E-state index contributed by atoms with van der Waals surface area (Å²) in [7, 11) is 0. The molecule has 3 aromatic rings. The number of H-pyrrole nitrogens is 1. The molecule has 1 aliphatic heterocycles. The van der Waals surface area contributed by atoms with E-state index in [4.69, 9.17) is 27.9 Å². The monoisotopic (exact) mass is 417 g/mol. The van der Waals surface area contributed by atoms with Crippen molar-refractivity contribution in [1.82, 2.24) is 15.0 Å². The van der Waals surface area contributed by atoms with E-state index in [-0.39, 0.29) is 0 Å². The van der Waals surface area contributed by atoms with Crippen molar-refractivity contribution in [2.24, 2.45) is 0 Å². The number of aryl methyl sites for hydroxylation is 2. The van der Waals surface area contributed by atoms with Gasteiger partial charge in [-0.1, -0.05) is 23.2 Å². The Labute approximate surface area is 173 Å². The van der Waals surface area contributed by atoms with Gasteiger partial charge in [-0.15, -0.1) is 0 Å². The first-order valence-corrected chi connectivity index (χ1v) is 9.85. The third-order valence-electron chi connectivity index (χ3n) is 4.79. The van der Waals surface area contributed by atoms with Crippen LogP contribution >= 0.6 is 23.2 Å². The van der Waals surface area contributed by atoms with Crippen LogP contribution in [0.3, 0.4) is 0 Å². The number of hydrogen-bond donors (Lipinski definition) is 2. The molecule has 0 radical (unpaired) electrons. The lowest BCUT2D eigenvalue weighted by Gasteiger charge is -2.30. The second kappa shape index (κ2) is 7.99. The van der Waals surface area contributed by atoms with Crippen LogP contribution in [0.4, 0.5) is 17.3 Å². The molecule has 6 nitrogen and oxygen atoms in total. The minimum Gasteiger partial charge on any atom is -0.378 e. The van der Waals surface area contributed by atoms with Crippen LogP contribution < -0.4 is 10.2 Å². The maximum absolute atomic E-state index is 6.54. The normalized spacial score (nSPS) is 14.4. The Kier molecular flexibility index (Phi) is 5.44. The van der Waals surface area contributed by atoms with Crippen molar-refractivity contribution in [3.63, 3.8) is 0 Å². The highest BCUT2D eigenvalue weighted by Gasteiger charge is 2.18.